The molecule has 82 valence electrons. The Morgan fingerprint density at radius 3 is 2.38 bits per heavy atom. The molecule has 16 heavy (non-hydrogen) atoms. The summed E-state index contributed by atoms with van der Waals surface area (Å²) in [6.45, 7) is 0. The van der Waals surface area contributed by atoms with E-state index in [4.69, 9.17) is 15.7 Å². The number of carbonyl (C=O) groups excluding carboxylic acids is 1. The van der Waals surface area contributed by atoms with Gasteiger partial charge in [0.2, 0.25) is 0 Å². The van der Waals surface area contributed by atoms with Crippen LogP contribution in [-0.2, 0) is 10.3 Å². The zero-order valence-electron chi connectivity index (χ0n) is 8.77. The number of primary amides is 1. The summed E-state index contributed by atoms with van der Waals surface area (Å²) in [5, 5.41) is 8.69. The van der Waals surface area contributed by atoms with Crippen molar-refractivity contribution >= 4 is 6.09 Å². The van der Waals surface area contributed by atoms with Gasteiger partial charge in [-0.2, -0.15) is 5.26 Å². The third-order valence-electron chi connectivity index (χ3n) is 3.00. The molecule has 0 saturated heterocycles. The Morgan fingerprint density at radius 1 is 1.38 bits per heavy atom. The van der Waals surface area contributed by atoms with E-state index < -0.39 is 11.7 Å². The molecule has 4 heteroatoms. The van der Waals surface area contributed by atoms with Crippen LogP contribution in [-0.4, -0.2) is 6.09 Å². The standard InChI is InChI=1S/C12H12N2O2/c13-8-9-2-4-10(5-3-9)12(6-1-7-12)16-11(14)15/h2-5H,1,6-7H2,(H2,14,15). The first kappa shape index (κ1) is 10.5. The highest BCUT2D eigenvalue weighted by molar-refractivity contribution is 5.65. The Hall–Kier alpha value is -2.02. The van der Waals surface area contributed by atoms with Crippen molar-refractivity contribution in [1.29, 1.82) is 5.26 Å². The van der Waals surface area contributed by atoms with E-state index in [2.05, 4.69) is 0 Å². The van der Waals surface area contributed by atoms with Gasteiger partial charge in [0.15, 0.2) is 0 Å². The van der Waals surface area contributed by atoms with E-state index in [1.807, 2.05) is 18.2 Å². The summed E-state index contributed by atoms with van der Waals surface area (Å²) < 4.78 is 5.19. The van der Waals surface area contributed by atoms with Gasteiger partial charge in [0.05, 0.1) is 11.6 Å². The minimum atomic E-state index is -0.746. The minimum absolute atomic E-state index is 0.556. The maximum atomic E-state index is 10.9. The van der Waals surface area contributed by atoms with E-state index >= 15 is 0 Å². The van der Waals surface area contributed by atoms with Gasteiger partial charge in [0, 0.05) is 0 Å². The van der Waals surface area contributed by atoms with Gasteiger partial charge in [-0.25, -0.2) is 4.79 Å². The van der Waals surface area contributed by atoms with Gasteiger partial charge in [-0.3, -0.25) is 0 Å². The fourth-order valence-corrected chi connectivity index (χ4v) is 1.99. The molecule has 0 bridgehead atoms. The minimum Gasteiger partial charge on any atom is -0.438 e. The van der Waals surface area contributed by atoms with Crippen molar-refractivity contribution in [2.45, 2.75) is 24.9 Å². The molecule has 0 spiro atoms. The highest BCUT2D eigenvalue weighted by Crippen LogP contribution is 2.44. The lowest BCUT2D eigenvalue weighted by Gasteiger charge is -2.40. The van der Waals surface area contributed by atoms with Crippen molar-refractivity contribution in [2.75, 3.05) is 0 Å². The van der Waals surface area contributed by atoms with Gasteiger partial charge in [-0.15, -0.1) is 0 Å². The number of ether oxygens (including phenoxy) is 1. The fraction of sp³-hybridized carbons (Fsp3) is 0.333. The van der Waals surface area contributed by atoms with Gasteiger partial charge in [-0.05, 0) is 37.0 Å². The van der Waals surface area contributed by atoms with Crippen LogP contribution in [0.4, 0.5) is 4.79 Å². The molecule has 1 fully saturated rings. The third kappa shape index (κ3) is 1.72. The van der Waals surface area contributed by atoms with E-state index in [0.717, 1.165) is 24.8 Å². The molecule has 1 aromatic carbocycles. The van der Waals surface area contributed by atoms with Crippen molar-refractivity contribution in [2.24, 2.45) is 5.73 Å². The zero-order chi connectivity index (χ0) is 11.6. The summed E-state index contributed by atoms with van der Waals surface area (Å²) in [6, 6.07) is 9.13. The first-order valence-electron chi connectivity index (χ1n) is 5.15. The summed E-state index contributed by atoms with van der Waals surface area (Å²) in [5.41, 5.74) is 6.02. The Balaban J connectivity index is 2.27. The van der Waals surface area contributed by atoms with Crippen molar-refractivity contribution in [3.8, 4) is 6.07 Å². The number of hydrogen-bond donors (Lipinski definition) is 1. The van der Waals surface area contributed by atoms with Crippen molar-refractivity contribution < 1.29 is 9.53 Å². The molecule has 0 aromatic heterocycles. The topological polar surface area (TPSA) is 76.1 Å². The first-order chi connectivity index (χ1) is 7.66. The average molecular weight is 216 g/mol. The van der Waals surface area contributed by atoms with Crippen LogP contribution in [0.2, 0.25) is 0 Å². The molecule has 1 saturated carbocycles. The number of nitrogens with two attached hydrogens (primary N) is 1. The summed E-state index contributed by atoms with van der Waals surface area (Å²) in [7, 11) is 0. The monoisotopic (exact) mass is 216 g/mol. The molecular formula is C12H12N2O2. The van der Waals surface area contributed by atoms with Crippen LogP contribution in [0.25, 0.3) is 0 Å². The lowest BCUT2D eigenvalue weighted by atomic mass is 9.75. The molecule has 0 unspecified atom stereocenters. The highest BCUT2D eigenvalue weighted by atomic mass is 16.6. The van der Waals surface area contributed by atoms with E-state index in [1.54, 1.807) is 12.1 Å². The van der Waals surface area contributed by atoms with Crippen LogP contribution in [0.15, 0.2) is 24.3 Å². The molecule has 0 atom stereocenters. The Labute approximate surface area is 93.6 Å². The molecule has 1 aliphatic carbocycles. The molecule has 4 nitrogen and oxygen atoms in total. The Morgan fingerprint density at radius 2 is 2.00 bits per heavy atom. The van der Waals surface area contributed by atoms with Gasteiger partial charge >= 0.3 is 6.09 Å². The average Bonchev–Trinajstić information content (AvgIpc) is 2.23. The van der Waals surface area contributed by atoms with E-state index in [0.29, 0.717) is 5.56 Å². The maximum Gasteiger partial charge on any atom is 0.405 e. The van der Waals surface area contributed by atoms with Gasteiger partial charge in [-0.1, -0.05) is 12.1 Å². The van der Waals surface area contributed by atoms with E-state index in [-0.39, 0.29) is 0 Å². The molecule has 0 aliphatic heterocycles. The molecule has 0 radical (unpaired) electrons. The van der Waals surface area contributed by atoms with Crippen molar-refractivity contribution in [3.05, 3.63) is 35.4 Å². The number of amides is 1. The highest BCUT2D eigenvalue weighted by Gasteiger charge is 2.42. The fourth-order valence-electron chi connectivity index (χ4n) is 1.99. The van der Waals surface area contributed by atoms with Crippen LogP contribution in [0.3, 0.4) is 0 Å². The normalized spacial score (nSPS) is 16.9. The number of nitriles is 1. The van der Waals surface area contributed by atoms with Crippen LogP contribution < -0.4 is 5.73 Å². The third-order valence-corrected chi connectivity index (χ3v) is 3.00. The van der Waals surface area contributed by atoms with E-state index in [1.165, 1.54) is 0 Å². The van der Waals surface area contributed by atoms with Gasteiger partial charge in [0.25, 0.3) is 0 Å². The lowest BCUT2D eigenvalue weighted by Crippen LogP contribution is -2.40. The van der Waals surface area contributed by atoms with Gasteiger partial charge in [0.1, 0.15) is 5.60 Å². The van der Waals surface area contributed by atoms with Crippen molar-refractivity contribution in [3.63, 3.8) is 0 Å². The second-order valence-electron chi connectivity index (χ2n) is 3.96. The zero-order valence-corrected chi connectivity index (χ0v) is 8.77. The largest absolute Gasteiger partial charge is 0.438 e. The summed E-state index contributed by atoms with van der Waals surface area (Å²) in [4.78, 5) is 10.9. The molecule has 1 amide bonds. The second-order valence-corrected chi connectivity index (χ2v) is 3.96. The predicted octanol–water partition coefficient (Wildman–Crippen LogP) is 2.03. The lowest BCUT2D eigenvalue weighted by molar-refractivity contribution is -0.0489. The number of hydrogen-bond acceptors (Lipinski definition) is 3. The Bertz CT molecular complexity index is 441. The quantitative estimate of drug-likeness (QED) is 0.821. The number of benzene rings is 1. The molecule has 1 aromatic rings. The summed E-state index contributed by atoms with van der Waals surface area (Å²) in [6.07, 6.45) is 1.86. The van der Waals surface area contributed by atoms with Crippen molar-refractivity contribution in [1.82, 2.24) is 0 Å². The Kier molecular flexibility index (Phi) is 2.53. The molecule has 2 N–H and O–H groups in total. The van der Waals surface area contributed by atoms with Gasteiger partial charge < -0.3 is 10.5 Å². The molecule has 1 aliphatic rings. The second kappa shape index (κ2) is 3.86. The predicted molar refractivity (Wildman–Crippen MR) is 57.4 cm³/mol. The van der Waals surface area contributed by atoms with Crippen LogP contribution in [0, 0.1) is 11.3 Å². The molecule has 2 rings (SSSR count). The summed E-state index contributed by atoms with van der Waals surface area (Å²) >= 11 is 0. The maximum absolute atomic E-state index is 10.9. The van der Waals surface area contributed by atoms with Crippen LogP contribution in [0.5, 0.6) is 0 Å². The molecular weight excluding hydrogens is 204 g/mol. The first-order valence-corrected chi connectivity index (χ1v) is 5.15. The van der Waals surface area contributed by atoms with Crippen LogP contribution >= 0.6 is 0 Å². The smallest absolute Gasteiger partial charge is 0.405 e. The molecule has 0 heterocycles. The number of rotatable bonds is 2. The SMILES string of the molecule is N#Cc1ccc(C2(OC(N)=O)CCC2)cc1. The van der Waals surface area contributed by atoms with E-state index in [9.17, 15) is 4.79 Å². The van der Waals surface area contributed by atoms with Crippen LogP contribution in [0.1, 0.15) is 30.4 Å². The number of carbonyl (C=O) groups is 1. The summed E-state index contributed by atoms with van der Waals surface area (Å²) in [5.74, 6) is 0. The number of nitrogens with zero attached hydrogens (tertiary/aromatic N) is 1.